The molecule has 0 N–H and O–H groups in total. The van der Waals surface area contributed by atoms with Gasteiger partial charge < -0.3 is 19.1 Å². The van der Waals surface area contributed by atoms with Gasteiger partial charge in [-0.2, -0.15) is 5.26 Å². The average molecular weight is 648 g/mol. The lowest BCUT2D eigenvalue weighted by molar-refractivity contribution is -0.0859. The molecule has 1 aliphatic heterocycles. The number of anilines is 1. The van der Waals surface area contributed by atoms with E-state index in [4.69, 9.17) is 42.4 Å². The Hall–Kier alpha value is -3.48. The zero-order valence-electron chi connectivity index (χ0n) is 24.8. The molecule has 226 valence electrons. The second-order valence-corrected chi connectivity index (χ2v) is 12.5. The van der Waals surface area contributed by atoms with Crippen LogP contribution in [0.25, 0.3) is 0 Å². The summed E-state index contributed by atoms with van der Waals surface area (Å²) in [5.74, 6) is 1.57. The van der Waals surface area contributed by atoms with Crippen LogP contribution in [0.2, 0.25) is 10.2 Å². The maximum absolute atomic E-state index is 10.9. The number of methoxy groups -OCH3 is 2. The highest BCUT2D eigenvalue weighted by Crippen LogP contribution is 2.50. The second-order valence-electron chi connectivity index (χ2n) is 11.0. The van der Waals surface area contributed by atoms with Gasteiger partial charge in [0.25, 0.3) is 0 Å². The van der Waals surface area contributed by atoms with Crippen molar-refractivity contribution in [1.29, 1.82) is 5.26 Å². The average Bonchev–Trinajstić information content (AvgIpc) is 3.05. The first-order valence-electron chi connectivity index (χ1n) is 14.4. The van der Waals surface area contributed by atoms with Crippen LogP contribution in [0.3, 0.4) is 0 Å². The molecule has 7 nitrogen and oxygen atoms in total. The van der Waals surface area contributed by atoms with Gasteiger partial charge in [0.15, 0.2) is 5.16 Å². The number of fused-ring (bicyclic) bond motifs is 3. The number of halogens is 2. The van der Waals surface area contributed by atoms with Gasteiger partial charge in [-0.1, -0.05) is 59.2 Å². The van der Waals surface area contributed by atoms with E-state index in [1.807, 2.05) is 60.9 Å². The summed E-state index contributed by atoms with van der Waals surface area (Å²) in [6.07, 6.45) is 4.85. The molecule has 0 radical (unpaired) electrons. The first-order valence-corrected chi connectivity index (χ1v) is 16.4. The van der Waals surface area contributed by atoms with Crippen molar-refractivity contribution < 1.29 is 14.2 Å². The van der Waals surface area contributed by atoms with Gasteiger partial charge >= 0.3 is 0 Å². The second kappa shape index (κ2) is 12.9. The molecular formula is C34H32Cl2N4O3S. The molecule has 1 spiro atoms. The maximum Gasteiger partial charge on any atom is 0.188 e. The lowest BCUT2D eigenvalue weighted by Crippen LogP contribution is -2.41. The number of hydrogen-bond acceptors (Lipinski definition) is 8. The Balaban J connectivity index is 1.48. The van der Waals surface area contributed by atoms with Crippen LogP contribution >= 0.6 is 35.0 Å². The minimum Gasteiger partial charge on any atom is -0.497 e. The van der Waals surface area contributed by atoms with Gasteiger partial charge in [-0.15, -0.1) is 0 Å². The Kier molecular flexibility index (Phi) is 8.93. The SMILES string of the molecule is COc1ccc(CN(Cc2ccc(OC)cc2)c2cc(Cl)c3c(c2C#N)C2(CCC3)Cc3nc(SC)nc(Cl)c3CO2)cc1. The van der Waals surface area contributed by atoms with Gasteiger partial charge in [0.2, 0.25) is 0 Å². The fourth-order valence-electron chi connectivity index (χ4n) is 6.30. The number of benzene rings is 3. The molecule has 1 atom stereocenters. The quantitative estimate of drug-likeness (QED) is 0.109. The fraction of sp³-hybridized carbons (Fsp3) is 0.324. The molecule has 6 rings (SSSR count). The number of nitrogens with zero attached hydrogens (tertiary/aromatic N) is 4. The molecule has 44 heavy (non-hydrogen) atoms. The Morgan fingerprint density at radius 3 is 2.18 bits per heavy atom. The summed E-state index contributed by atoms with van der Waals surface area (Å²) < 4.78 is 17.5. The van der Waals surface area contributed by atoms with E-state index in [0.717, 1.165) is 70.0 Å². The highest BCUT2D eigenvalue weighted by Gasteiger charge is 2.45. The fourth-order valence-corrected chi connectivity index (χ4v) is 7.27. The van der Waals surface area contributed by atoms with Crippen LogP contribution in [0.15, 0.2) is 59.8 Å². The number of nitriles is 1. The number of aromatic nitrogens is 2. The third kappa shape index (κ3) is 5.82. The van der Waals surface area contributed by atoms with E-state index in [-0.39, 0.29) is 6.61 Å². The summed E-state index contributed by atoms with van der Waals surface area (Å²) in [4.78, 5) is 11.4. The molecule has 0 saturated heterocycles. The maximum atomic E-state index is 10.9. The van der Waals surface area contributed by atoms with Crippen LogP contribution in [0.1, 0.15) is 51.9 Å². The molecule has 0 saturated carbocycles. The molecule has 4 aromatic rings. The van der Waals surface area contributed by atoms with E-state index in [1.165, 1.54) is 11.8 Å². The van der Waals surface area contributed by atoms with Crippen LogP contribution in [0, 0.1) is 11.3 Å². The monoisotopic (exact) mass is 646 g/mol. The predicted molar refractivity (Wildman–Crippen MR) is 174 cm³/mol. The Morgan fingerprint density at radius 1 is 0.977 bits per heavy atom. The number of rotatable bonds is 8. The van der Waals surface area contributed by atoms with Gasteiger partial charge in [-0.25, -0.2) is 9.97 Å². The number of ether oxygens (including phenoxy) is 3. The lowest BCUT2D eigenvalue weighted by atomic mass is 9.72. The van der Waals surface area contributed by atoms with Crippen molar-refractivity contribution in [1.82, 2.24) is 9.97 Å². The van der Waals surface area contributed by atoms with Crippen molar-refractivity contribution in [3.05, 3.63) is 104 Å². The van der Waals surface area contributed by atoms with Gasteiger partial charge in [0.1, 0.15) is 28.3 Å². The minimum atomic E-state index is -0.745. The number of hydrogen-bond donors (Lipinski definition) is 0. The molecule has 2 aliphatic rings. The van der Waals surface area contributed by atoms with Crippen molar-refractivity contribution >= 4 is 40.7 Å². The van der Waals surface area contributed by atoms with Gasteiger partial charge in [0, 0.05) is 35.7 Å². The first kappa shape index (κ1) is 30.5. The summed E-state index contributed by atoms with van der Waals surface area (Å²) in [7, 11) is 3.31. The van der Waals surface area contributed by atoms with Crippen molar-refractivity contribution in [2.45, 2.75) is 56.1 Å². The first-order chi connectivity index (χ1) is 21.4. The zero-order chi connectivity index (χ0) is 30.8. The van der Waals surface area contributed by atoms with E-state index in [0.29, 0.717) is 40.4 Å². The van der Waals surface area contributed by atoms with Crippen LogP contribution < -0.4 is 14.4 Å². The van der Waals surface area contributed by atoms with Crippen LogP contribution in [-0.4, -0.2) is 30.4 Å². The molecule has 3 aromatic carbocycles. The van der Waals surface area contributed by atoms with E-state index >= 15 is 0 Å². The number of thioether (sulfide) groups is 1. The van der Waals surface area contributed by atoms with E-state index < -0.39 is 5.60 Å². The standard InChI is InChI=1S/C34H32Cl2N4O3S/c1-41-23-10-6-21(7-11-23)18-40(19-22-8-12-24(42-2)13-9-22)30-15-28(35)25-5-4-14-34(31(25)26(30)17-37)16-29-27(20-43-34)32(36)39-33(38-29)44-3/h6-13,15H,4-5,14,16,18-20H2,1-3H3. The van der Waals surface area contributed by atoms with E-state index in [9.17, 15) is 5.26 Å². The van der Waals surface area contributed by atoms with E-state index in [2.05, 4.69) is 16.0 Å². The van der Waals surface area contributed by atoms with Gasteiger partial charge in [-0.3, -0.25) is 0 Å². The molecule has 0 amide bonds. The minimum absolute atomic E-state index is 0.274. The third-order valence-electron chi connectivity index (χ3n) is 8.49. The van der Waals surface area contributed by atoms with Crippen molar-refractivity contribution in [3.8, 4) is 17.6 Å². The Labute approximate surface area is 272 Å². The summed E-state index contributed by atoms with van der Waals surface area (Å²) >= 11 is 15.1. The lowest BCUT2D eigenvalue weighted by Gasteiger charge is -2.43. The molecule has 0 fully saturated rings. The van der Waals surface area contributed by atoms with Gasteiger partial charge in [-0.05, 0) is 72.5 Å². The van der Waals surface area contributed by atoms with Crippen LogP contribution in [0.5, 0.6) is 11.5 Å². The Bertz CT molecular complexity index is 1680. The highest BCUT2D eigenvalue weighted by molar-refractivity contribution is 7.98. The largest absolute Gasteiger partial charge is 0.497 e. The molecule has 1 aliphatic carbocycles. The van der Waals surface area contributed by atoms with E-state index in [1.54, 1.807) is 14.2 Å². The molecule has 1 aromatic heterocycles. The predicted octanol–water partition coefficient (Wildman–Crippen LogP) is 7.91. The Morgan fingerprint density at radius 2 is 1.61 bits per heavy atom. The van der Waals surface area contributed by atoms with Gasteiger partial charge in [0.05, 0.1) is 37.8 Å². The molecule has 2 heterocycles. The summed E-state index contributed by atoms with van der Waals surface area (Å²) in [5, 5.41) is 12.5. The third-order valence-corrected chi connectivity index (χ3v) is 9.69. The van der Waals surface area contributed by atoms with Crippen molar-refractivity contribution in [2.75, 3.05) is 25.4 Å². The van der Waals surface area contributed by atoms with Crippen molar-refractivity contribution in [3.63, 3.8) is 0 Å². The summed E-state index contributed by atoms with van der Waals surface area (Å²) in [6.45, 7) is 1.38. The zero-order valence-corrected chi connectivity index (χ0v) is 27.2. The van der Waals surface area contributed by atoms with Crippen LogP contribution in [-0.2, 0) is 42.9 Å². The molecule has 1 unspecified atom stereocenters. The normalized spacial score (nSPS) is 17.0. The molecule has 0 bridgehead atoms. The van der Waals surface area contributed by atoms with Crippen molar-refractivity contribution in [2.24, 2.45) is 0 Å². The highest BCUT2D eigenvalue weighted by atomic mass is 35.5. The summed E-state index contributed by atoms with van der Waals surface area (Å²) in [6, 6.07) is 20.5. The molecular weight excluding hydrogens is 615 g/mol. The summed E-state index contributed by atoms with van der Waals surface area (Å²) in [5.41, 5.74) is 6.27. The molecule has 10 heteroatoms. The topological polar surface area (TPSA) is 80.5 Å². The van der Waals surface area contributed by atoms with Crippen LogP contribution in [0.4, 0.5) is 5.69 Å². The smallest absolute Gasteiger partial charge is 0.188 e.